The van der Waals surface area contributed by atoms with E-state index in [4.69, 9.17) is 9.84 Å². The molecule has 0 spiro atoms. The normalized spacial score (nSPS) is 11.9. The van der Waals surface area contributed by atoms with E-state index in [9.17, 15) is 4.79 Å². The molecule has 14 heavy (non-hydrogen) atoms. The van der Waals surface area contributed by atoms with E-state index in [0.29, 0.717) is 0 Å². The zero-order valence-electron chi connectivity index (χ0n) is 8.01. The first-order valence-corrected chi connectivity index (χ1v) is 3.92. The van der Waals surface area contributed by atoms with Crippen LogP contribution in [-0.2, 0) is 16.6 Å². The summed E-state index contributed by atoms with van der Waals surface area (Å²) < 4.78 is 6.84. The number of imidazole rings is 1. The molecule has 1 rings (SSSR count). The second kappa shape index (κ2) is 5.62. The van der Waals surface area contributed by atoms with Gasteiger partial charge in [0.05, 0.1) is 0 Å². The molecule has 0 fully saturated rings. The molecule has 1 unspecified atom stereocenters. The number of halogens is 1. The van der Waals surface area contributed by atoms with Gasteiger partial charge < -0.3 is 14.4 Å². The second-order valence-corrected chi connectivity index (χ2v) is 2.74. The van der Waals surface area contributed by atoms with Gasteiger partial charge in [-0.05, 0) is 6.92 Å². The summed E-state index contributed by atoms with van der Waals surface area (Å²) in [5, 5.41) is 8.38. The molecule has 1 N–H and O–H groups in total. The van der Waals surface area contributed by atoms with Gasteiger partial charge in [0.2, 0.25) is 0 Å². The highest BCUT2D eigenvalue weighted by molar-refractivity contribution is 5.85. The van der Waals surface area contributed by atoms with Gasteiger partial charge in [0.1, 0.15) is 18.5 Å². The Kier molecular flexibility index (Phi) is 5.19. The van der Waals surface area contributed by atoms with Crippen LogP contribution >= 0.6 is 12.4 Å². The Morgan fingerprint density at radius 3 is 2.86 bits per heavy atom. The van der Waals surface area contributed by atoms with Crippen LogP contribution in [0.5, 0.6) is 0 Å². The van der Waals surface area contributed by atoms with Crippen molar-refractivity contribution < 1.29 is 14.6 Å². The van der Waals surface area contributed by atoms with E-state index in [1.807, 2.05) is 7.05 Å². The molecule has 0 bridgehead atoms. The van der Waals surface area contributed by atoms with Crippen LogP contribution in [0.4, 0.5) is 0 Å². The maximum absolute atomic E-state index is 10.2. The smallest absolute Gasteiger partial charge is 0.329 e. The molecular formula is C8H13ClN2O3. The highest BCUT2D eigenvalue weighted by Crippen LogP contribution is 2.12. The molecule has 0 radical (unpaired) electrons. The lowest BCUT2D eigenvalue weighted by Gasteiger charge is -2.10. The van der Waals surface area contributed by atoms with Gasteiger partial charge in [0.25, 0.3) is 0 Å². The zero-order chi connectivity index (χ0) is 9.84. The predicted molar refractivity (Wildman–Crippen MR) is 52.5 cm³/mol. The van der Waals surface area contributed by atoms with Crippen LogP contribution in [0.15, 0.2) is 12.4 Å². The molecule has 1 heterocycles. The van der Waals surface area contributed by atoms with Gasteiger partial charge in [-0.3, -0.25) is 0 Å². The largest absolute Gasteiger partial charge is 0.480 e. The Bertz CT molecular complexity index is 301. The van der Waals surface area contributed by atoms with Crippen molar-refractivity contribution in [3.05, 3.63) is 18.2 Å². The summed E-state index contributed by atoms with van der Waals surface area (Å²) in [6.45, 7) is 1.47. The molecule has 6 heteroatoms. The van der Waals surface area contributed by atoms with Crippen molar-refractivity contribution in [2.24, 2.45) is 7.05 Å². The number of hydrogen-bond acceptors (Lipinski definition) is 3. The minimum absolute atomic E-state index is 0. The highest BCUT2D eigenvalue weighted by Gasteiger charge is 2.11. The van der Waals surface area contributed by atoms with Gasteiger partial charge in [-0.2, -0.15) is 0 Å². The number of carboxylic acids is 1. The molecule has 1 aromatic heterocycles. The van der Waals surface area contributed by atoms with E-state index in [-0.39, 0.29) is 25.1 Å². The fraction of sp³-hybridized carbons (Fsp3) is 0.500. The fourth-order valence-electron chi connectivity index (χ4n) is 1.04. The molecule has 5 nitrogen and oxygen atoms in total. The van der Waals surface area contributed by atoms with Crippen molar-refractivity contribution in [1.82, 2.24) is 9.55 Å². The number of ether oxygens (including phenoxy) is 1. The third-order valence-electron chi connectivity index (χ3n) is 1.68. The first-order chi connectivity index (χ1) is 6.11. The standard InChI is InChI=1S/C8H12N2O3.ClH/c1-6(13-5-7(11)12)8-9-3-4-10(8)2;/h3-4,6H,5H2,1-2H3,(H,11,12);1H. The van der Waals surface area contributed by atoms with Gasteiger partial charge in [-0.15, -0.1) is 12.4 Å². The van der Waals surface area contributed by atoms with E-state index < -0.39 is 5.97 Å². The molecule has 0 saturated heterocycles. The Morgan fingerprint density at radius 1 is 1.79 bits per heavy atom. The zero-order valence-corrected chi connectivity index (χ0v) is 8.82. The number of aliphatic carboxylic acids is 1. The maximum atomic E-state index is 10.2. The van der Waals surface area contributed by atoms with E-state index in [0.717, 1.165) is 5.82 Å². The average molecular weight is 221 g/mol. The van der Waals surface area contributed by atoms with Gasteiger partial charge in [-0.25, -0.2) is 9.78 Å². The van der Waals surface area contributed by atoms with Crippen LogP contribution in [0.25, 0.3) is 0 Å². The van der Waals surface area contributed by atoms with E-state index >= 15 is 0 Å². The van der Waals surface area contributed by atoms with E-state index in [2.05, 4.69) is 4.98 Å². The fourth-order valence-corrected chi connectivity index (χ4v) is 1.04. The van der Waals surface area contributed by atoms with Gasteiger partial charge in [0, 0.05) is 19.4 Å². The summed E-state index contributed by atoms with van der Waals surface area (Å²) >= 11 is 0. The summed E-state index contributed by atoms with van der Waals surface area (Å²) in [6, 6.07) is 0. The summed E-state index contributed by atoms with van der Waals surface area (Å²) in [5.74, 6) is -0.248. The SMILES string of the molecule is CC(OCC(=O)O)c1nccn1C.Cl. The first kappa shape index (κ1) is 12.9. The third-order valence-corrected chi connectivity index (χ3v) is 1.68. The summed E-state index contributed by atoms with van der Waals surface area (Å²) in [4.78, 5) is 14.2. The summed E-state index contributed by atoms with van der Waals surface area (Å²) in [5.41, 5.74) is 0. The monoisotopic (exact) mass is 220 g/mol. The molecular weight excluding hydrogens is 208 g/mol. The van der Waals surface area contributed by atoms with Crippen LogP contribution in [-0.4, -0.2) is 27.2 Å². The van der Waals surface area contributed by atoms with Crippen molar-refractivity contribution in [3.8, 4) is 0 Å². The molecule has 0 aliphatic rings. The molecule has 0 amide bonds. The average Bonchev–Trinajstić information content (AvgIpc) is 2.47. The summed E-state index contributed by atoms with van der Waals surface area (Å²) in [6.07, 6.45) is 3.14. The lowest BCUT2D eigenvalue weighted by Crippen LogP contribution is -2.12. The van der Waals surface area contributed by atoms with Crippen molar-refractivity contribution in [2.45, 2.75) is 13.0 Å². The number of carboxylic acid groups (broad SMARTS) is 1. The van der Waals surface area contributed by atoms with Crippen molar-refractivity contribution >= 4 is 18.4 Å². The van der Waals surface area contributed by atoms with Crippen LogP contribution in [0.1, 0.15) is 18.9 Å². The number of carbonyl (C=O) groups is 1. The van der Waals surface area contributed by atoms with Gasteiger partial charge in [-0.1, -0.05) is 0 Å². The number of rotatable bonds is 4. The Balaban J connectivity index is 0.00000169. The van der Waals surface area contributed by atoms with Crippen molar-refractivity contribution in [1.29, 1.82) is 0 Å². The Labute approximate surface area is 88.1 Å². The maximum Gasteiger partial charge on any atom is 0.329 e. The first-order valence-electron chi connectivity index (χ1n) is 3.92. The van der Waals surface area contributed by atoms with Crippen LogP contribution < -0.4 is 0 Å². The minimum atomic E-state index is -0.971. The topological polar surface area (TPSA) is 64.3 Å². The number of aryl methyl sites for hydroxylation is 1. The molecule has 1 aromatic rings. The second-order valence-electron chi connectivity index (χ2n) is 2.74. The highest BCUT2D eigenvalue weighted by atomic mass is 35.5. The Morgan fingerprint density at radius 2 is 2.43 bits per heavy atom. The molecule has 0 aromatic carbocycles. The number of nitrogens with zero attached hydrogens (tertiary/aromatic N) is 2. The van der Waals surface area contributed by atoms with Crippen LogP contribution in [0, 0.1) is 0 Å². The molecule has 0 saturated carbocycles. The predicted octanol–water partition coefficient (Wildman–Crippen LogP) is 1.00. The molecule has 1 atom stereocenters. The van der Waals surface area contributed by atoms with Gasteiger partial charge >= 0.3 is 5.97 Å². The van der Waals surface area contributed by atoms with E-state index in [1.165, 1.54) is 0 Å². The van der Waals surface area contributed by atoms with Crippen LogP contribution in [0.3, 0.4) is 0 Å². The van der Waals surface area contributed by atoms with Crippen molar-refractivity contribution in [2.75, 3.05) is 6.61 Å². The lowest BCUT2D eigenvalue weighted by atomic mass is 10.4. The minimum Gasteiger partial charge on any atom is -0.480 e. The molecule has 0 aliphatic carbocycles. The van der Waals surface area contributed by atoms with Crippen LogP contribution in [0.2, 0.25) is 0 Å². The lowest BCUT2D eigenvalue weighted by molar-refractivity contribution is -0.144. The Hall–Kier alpha value is -1.07. The van der Waals surface area contributed by atoms with Crippen molar-refractivity contribution in [3.63, 3.8) is 0 Å². The summed E-state index contributed by atoms with van der Waals surface area (Å²) in [7, 11) is 1.84. The number of aromatic nitrogens is 2. The quantitative estimate of drug-likeness (QED) is 0.823. The molecule has 80 valence electrons. The number of hydrogen-bond donors (Lipinski definition) is 1. The van der Waals surface area contributed by atoms with Gasteiger partial charge in [0.15, 0.2) is 0 Å². The third kappa shape index (κ3) is 3.35. The van der Waals surface area contributed by atoms with E-state index in [1.54, 1.807) is 23.9 Å². The molecule has 0 aliphatic heterocycles.